The standard InChI is InChI=1S/C25H30N2O3/c28-24-7-10-27(16-23(24)26-25(29)18-8-11-30-12-9-18)15-17-5-6-22-20(13-17)14-19-3-1-2-4-21(19)22/h1-6,13,18,23-24,28H,7-12,14-16H2,(H,26,29)/t23-,24+/m1/s1. The van der Waals surface area contributed by atoms with Crippen molar-refractivity contribution in [3.05, 3.63) is 59.2 Å². The van der Waals surface area contributed by atoms with E-state index in [-0.39, 0.29) is 17.9 Å². The highest BCUT2D eigenvalue weighted by atomic mass is 16.5. The van der Waals surface area contributed by atoms with Gasteiger partial charge in [-0.3, -0.25) is 9.69 Å². The summed E-state index contributed by atoms with van der Waals surface area (Å²) in [5.74, 6) is 0.0826. The summed E-state index contributed by atoms with van der Waals surface area (Å²) in [5, 5.41) is 13.6. The molecule has 0 spiro atoms. The molecule has 2 fully saturated rings. The highest BCUT2D eigenvalue weighted by Crippen LogP contribution is 2.36. The lowest BCUT2D eigenvalue weighted by Gasteiger charge is -2.37. The number of piperidine rings is 1. The molecule has 2 aliphatic heterocycles. The largest absolute Gasteiger partial charge is 0.391 e. The van der Waals surface area contributed by atoms with Gasteiger partial charge < -0.3 is 15.2 Å². The third-order valence-corrected chi connectivity index (χ3v) is 6.84. The van der Waals surface area contributed by atoms with Crippen LogP contribution in [0.25, 0.3) is 11.1 Å². The van der Waals surface area contributed by atoms with Gasteiger partial charge in [-0.25, -0.2) is 0 Å². The number of rotatable bonds is 4. The molecule has 1 aliphatic carbocycles. The number of carbonyl (C=O) groups excluding carboxylic acids is 1. The third-order valence-electron chi connectivity index (χ3n) is 6.84. The number of fused-ring (bicyclic) bond motifs is 3. The predicted octanol–water partition coefficient (Wildman–Crippen LogP) is 2.74. The minimum atomic E-state index is -0.473. The predicted molar refractivity (Wildman–Crippen MR) is 116 cm³/mol. The Balaban J connectivity index is 1.22. The minimum absolute atomic E-state index is 0.0136. The van der Waals surface area contributed by atoms with Crippen LogP contribution in [0.3, 0.4) is 0 Å². The zero-order valence-corrected chi connectivity index (χ0v) is 17.3. The van der Waals surface area contributed by atoms with Gasteiger partial charge in [-0.05, 0) is 53.5 Å². The number of amides is 1. The third kappa shape index (κ3) is 4.02. The molecule has 3 aliphatic rings. The average molecular weight is 407 g/mol. The SMILES string of the molecule is O=C(N[C@@H]1CN(Cc2ccc3c(c2)Cc2ccccc2-3)CC[C@@H]1O)C1CCOCC1. The number of hydrogen-bond acceptors (Lipinski definition) is 4. The summed E-state index contributed by atoms with van der Waals surface area (Å²) in [5.41, 5.74) is 6.81. The lowest BCUT2D eigenvalue weighted by molar-refractivity contribution is -0.130. The van der Waals surface area contributed by atoms with E-state index in [2.05, 4.69) is 52.7 Å². The Hall–Kier alpha value is -2.21. The number of aliphatic hydroxyl groups is 1. The fourth-order valence-electron chi connectivity index (χ4n) is 5.11. The van der Waals surface area contributed by atoms with Crippen molar-refractivity contribution < 1.29 is 14.6 Å². The topological polar surface area (TPSA) is 61.8 Å². The summed E-state index contributed by atoms with van der Waals surface area (Å²) in [6, 6.07) is 15.2. The van der Waals surface area contributed by atoms with Gasteiger partial charge in [0.1, 0.15) is 0 Å². The molecule has 2 N–H and O–H groups in total. The summed E-state index contributed by atoms with van der Waals surface area (Å²) >= 11 is 0. The zero-order chi connectivity index (χ0) is 20.5. The molecule has 0 aromatic heterocycles. The molecule has 5 rings (SSSR count). The minimum Gasteiger partial charge on any atom is -0.391 e. The summed E-state index contributed by atoms with van der Waals surface area (Å²) in [6.07, 6.45) is 2.77. The Morgan fingerprint density at radius 1 is 1.07 bits per heavy atom. The molecular weight excluding hydrogens is 376 g/mol. The smallest absolute Gasteiger partial charge is 0.223 e. The molecule has 158 valence electrons. The molecule has 2 aromatic rings. The first kappa shape index (κ1) is 19.7. The summed E-state index contributed by atoms with van der Waals surface area (Å²) in [6.45, 7) is 3.69. The first-order chi connectivity index (χ1) is 14.7. The number of hydrogen-bond donors (Lipinski definition) is 2. The first-order valence-corrected chi connectivity index (χ1v) is 11.2. The molecule has 30 heavy (non-hydrogen) atoms. The van der Waals surface area contributed by atoms with Gasteiger partial charge in [0.2, 0.25) is 5.91 Å². The fraction of sp³-hybridized carbons (Fsp3) is 0.480. The molecule has 1 amide bonds. The summed E-state index contributed by atoms with van der Waals surface area (Å²) < 4.78 is 5.36. The Morgan fingerprint density at radius 2 is 1.87 bits per heavy atom. The van der Waals surface area contributed by atoms with E-state index in [9.17, 15) is 9.90 Å². The van der Waals surface area contributed by atoms with Crippen LogP contribution < -0.4 is 5.32 Å². The maximum Gasteiger partial charge on any atom is 0.223 e. The second-order valence-electron chi connectivity index (χ2n) is 8.92. The van der Waals surface area contributed by atoms with Crippen LogP contribution >= 0.6 is 0 Å². The number of carbonyl (C=O) groups is 1. The first-order valence-electron chi connectivity index (χ1n) is 11.2. The number of nitrogens with zero attached hydrogens (tertiary/aromatic N) is 1. The van der Waals surface area contributed by atoms with E-state index in [1.165, 1.54) is 27.8 Å². The molecule has 0 unspecified atom stereocenters. The van der Waals surface area contributed by atoms with Crippen molar-refractivity contribution in [3.8, 4) is 11.1 Å². The van der Waals surface area contributed by atoms with E-state index in [0.717, 1.165) is 32.4 Å². The highest BCUT2D eigenvalue weighted by Gasteiger charge is 2.31. The number of nitrogens with one attached hydrogen (secondary N) is 1. The van der Waals surface area contributed by atoms with Crippen LogP contribution in [0.15, 0.2) is 42.5 Å². The van der Waals surface area contributed by atoms with Gasteiger partial charge >= 0.3 is 0 Å². The van der Waals surface area contributed by atoms with Crippen LogP contribution in [-0.4, -0.2) is 54.4 Å². The van der Waals surface area contributed by atoms with Gasteiger partial charge in [-0.2, -0.15) is 0 Å². The van der Waals surface area contributed by atoms with Gasteiger partial charge in [-0.15, -0.1) is 0 Å². The van der Waals surface area contributed by atoms with E-state index in [1.54, 1.807) is 0 Å². The van der Waals surface area contributed by atoms with E-state index in [0.29, 0.717) is 26.2 Å². The van der Waals surface area contributed by atoms with E-state index in [1.807, 2.05) is 0 Å². The van der Waals surface area contributed by atoms with Crippen LogP contribution in [0, 0.1) is 5.92 Å². The molecule has 2 saturated heterocycles. The molecule has 5 nitrogen and oxygen atoms in total. The monoisotopic (exact) mass is 406 g/mol. The highest BCUT2D eigenvalue weighted by molar-refractivity contribution is 5.79. The van der Waals surface area contributed by atoms with Crippen molar-refractivity contribution in [1.82, 2.24) is 10.2 Å². The number of likely N-dealkylation sites (tertiary alicyclic amines) is 1. The average Bonchev–Trinajstić information content (AvgIpc) is 3.14. The summed E-state index contributed by atoms with van der Waals surface area (Å²) in [7, 11) is 0. The molecule has 0 bridgehead atoms. The second-order valence-corrected chi connectivity index (χ2v) is 8.92. The molecule has 2 aromatic carbocycles. The van der Waals surface area contributed by atoms with Gasteiger partial charge in [-0.1, -0.05) is 42.5 Å². The van der Waals surface area contributed by atoms with Crippen LogP contribution in [0.5, 0.6) is 0 Å². The van der Waals surface area contributed by atoms with Crippen molar-refractivity contribution in [2.75, 3.05) is 26.3 Å². The fourth-order valence-corrected chi connectivity index (χ4v) is 5.11. The zero-order valence-electron chi connectivity index (χ0n) is 17.3. The quantitative estimate of drug-likeness (QED) is 0.699. The van der Waals surface area contributed by atoms with Crippen molar-refractivity contribution in [1.29, 1.82) is 0 Å². The van der Waals surface area contributed by atoms with Crippen LogP contribution in [0.2, 0.25) is 0 Å². The molecule has 5 heteroatoms. The van der Waals surface area contributed by atoms with Crippen LogP contribution in [-0.2, 0) is 22.5 Å². The Labute approximate surface area is 178 Å². The number of aliphatic hydroxyl groups excluding tert-OH is 1. The van der Waals surface area contributed by atoms with E-state index < -0.39 is 6.10 Å². The van der Waals surface area contributed by atoms with Crippen molar-refractivity contribution in [2.24, 2.45) is 5.92 Å². The normalized spacial score (nSPS) is 24.3. The van der Waals surface area contributed by atoms with Crippen LogP contribution in [0.4, 0.5) is 0 Å². The Bertz CT molecular complexity index is 922. The number of ether oxygens (including phenoxy) is 1. The Morgan fingerprint density at radius 3 is 2.73 bits per heavy atom. The molecule has 2 heterocycles. The van der Waals surface area contributed by atoms with E-state index >= 15 is 0 Å². The van der Waals surface area contributed by atoms with Gasteiger partial charge in [0.15, 0.2) is 0 Å². The maximum atomic E-state index is 12.6. The van der Waals surface area contributed by atoms with Crippen molar-refractivity contribution in [3.63, 3.8) is 0 Å². The molecule has 0 saturated carbocycles. The lowest BCUT2D eigenvalue weighted by atomic mass is 9.96. The van der Waals surface area contributed by atoms with Crippen molar-refractivity contribution in [2.45, 2.75) is 44.4 Å². The van der Waals surface area contributed by atoms with Crippen LogP contribution in [0.1, 0.15) is 36.0 Å². The van der Waals surface area contributed by atoms with E-state index in [4.69, 9.17) is 4.74 Å². The maximum absolute atomic E-state index is 12.6. The Kier molecular flexibility index (Phi) is 5.59. The molecular formula is C25H30N2O3. The summed E-state index contributed by atoms with van der Waals surface area (Å²) in [4.78, 5) is 15.0. The van der Waals surface area contributed by atoms with Crippen molar-refractivity contribution >= 4 is 5.91 Å². The lowest BCUT2D eigenvalue weighted by Crippen LogP contribution is -2.56. The molecule has 0 radical (unpaired) electrons. The second kappa shape index (κ2) is 8.50. The van der Waals surface area contributed by atoms with Gasteiger partial charge in [0.25, 0.3) is 0 Å². The van der Waals surface area contributed by atoms with Gasteiger partial charge in [0, 0.05) is 38.8 Å². The number of benzene rings is 2. The molecule has 2 atom stereocenters. The van der Waals surface area contributed by atoms with Gasteiger partial charge in [0.05, 0.1) is 12.1 Å².